The van der Waals surface area contributed by atoms with Gasteiger partial charge in [0.15, 0.2) is 0 Å². The summed E-state index contributed by atoms with van der Waals surface area (Å²) < 4.78 is 5.41. The summed E-state index contributed by atoms with van der Waals surface area (Å²) in [6.45, 7) is 4.33. The number of likely N-dealkylation sites (N-methyl/N-ethyl adjacent to an activating group) is 1. The molecule has 1 aromatic carbocycles. The van der Waals surface area contributed by atoms with Crippen LogP contribution in [0, 0.1) is 0 Å². The third kappa shape index (κ3) is 3.37. The molecule has 0 aliphatic heterocycles. The summed E-state index contributed by atoms with van der Waals surface area (Å²) in [6, 6.07) is 10.2. The number of hydrogen-bond donors (Lipinski definition) is 0. The molecule has 0 spiro atoms. The number of alkyl halides is 1. The standard InChI is InChI=1S/C15H19ClN2O/c1-3-19-9-8-18(2)15-10-12(11-16)17-14-7-5-4-6-13(14)15/h4-7,10H,3,8-9,11H2,1-2H3. The molecule has 2 aromatic rings. The molecule has 2 rings (SSSR count). The summed E-state index contributed by atoms with van der Waals surface area (Å²) in [5.41, 5.74) is 3.04. The summed E-state index contributed by atoms with van der Waals surface area (Å²) in [5.74, 6) is 0.428. The molecule has 0 radical (unpaired) electrons. The number of anilines is 1. The molecule has 19 heavy (non-hydrogen) atoms. The zero-order valence-electron chi connectivity index (χ0n) is 11.4. The molecule has 102 valence electrons. The average molecular weight is 279 g/mol. The summed E-state index contributed by atoms with van der Waals surface area (Å²) in [5, 5.41) is 1.15. The smallest absolute Gasteiger partial charge is 0.0726 e. The monoisotopic (exact) mass is 278 g/mol. The van der Waals surface area contributed by atoms with Gasteiger partial charge in [0.25, 0.3) is 0 Å². The van der Waals surface area contributed by atoms with Crippen molar-refractivity contribution in [3.63, 3.8) is 0 Å². The zero-order valence-corrected chi connectivity index (χ0v) is 12.2. The van der Waals surface area contributed by atoms with Crippen molar-refractivity contribution in [3.05, 3.63) is 36.0 Å². The van der Waals surface area contributed by atoms with E-state index in [1.807, 2.05) is 25.1 Å². The van der Waals surface area contributed by atoms with Gasteiger partial charge in [-0.15, -0.1) is 11.6 Å². The molecule has 0 N–H and O–H groups in total. The lowest BCUT2D eigenvalue weighted by Gasteiger charge is -2.21. The minimum absolute atomic E-state index is 0.428. The molecule has 1 aromatic heterocycles. The Balaban J connectivity index is 2.34. The van der Waals surface area contributed by atoms with Gasteiger partial charge in [0.05, 0.1) is 23.7 Å². The van der Waals surface area contributed by atoms with Crippen LogP contribution in [0.5, 0.6) is 0 Å². The van der Waals surface area contributed by atoms with Gasteiger partial charge in [-0.1, -0.05) is 18.2 Å². The number of benzene rings is 1. The first kappa shape index (κ1) is 14.1. The highest BCUT2D eigenvalue weighted by atomic mass is 35.5. The van der Waals surface area contributed by atoms with Crippen molar-refractivity contribution >= 4 is 28.2 Å². The normalized spacial score (nSPS) is 10.9. The molecule has 4 heteroatoms. The quantitative estimate of drug-likeness (QED) is 0.598. The van der Waals surface area contributed by atoms with Crippen molar-refractivity contribution in [2.45, 2.75) is 12.8 Å². The van der Waals surface area contributed by atoms with Crippen LogP contribution >= 0.6 is 11.6 Å². The lowest BCUT2D eigenvalue weighted by molar-refractivity contribution is 0.154. The van der Waals surface area contributed by atoms with Gasteiger partial charge in [-0.05, 0) is 19.1 Å². The largest absolute Gasteiger partial charge is 0.380 e. The number of ether oxygens (including phenoxy) is 1. The maximum Gasteiger partial charge on any atom is 0.0726 e. The van der Waals surface area contributed by atoms with Crippen LogP contribution in [0.15, 0.2) is 30.3 Å². The van der Waals surface area contributed by atoms with Crippen molar-refractivity contribution in [1.29, 1.82) is 0 Å². The van der Waals surface area contributed by atoms with Crippen molar-refractivity contribution < 1.29 is 4.74 Å². The van der Waals surface area contributed by atoms with Gasteiger partial charge >= 0.3 is 0 Å². The molecule has 0 saturated heterocycles. The van der Waals surface area contributed by atoms with E-state index in [0.29, 0.717) is 5.88 Å². The molecule has 0 bridgehead atoms. The van der Waals surface area contributed by atoms with Crippen LogP contribution < -0.4 is 4.90 Å². The average Bonchev–Trinajstić information content (AvgIpc) is 2.46. The van der Waals surface area contributed by atoms with Crippen molar-refractivity contribution in [2.24, 2.45) is 0 Å². The first-order valence-electron chi connectivity index (χ1n) is 6.49. The minimum Gasteiger partial charge on any atom is -0.380 e. The first-order chi connectivity index (χ1) is 9.26. The van der Waals surface area contributed by atoms with Gasteiger partial charge in [-0.25, -0.2) is 0 Å². The van der Waals surface area contributed by atoms with Crippen molar-refractivity contribution in [1.82, 2.24) is 4.98 Å². The molecule has 0 aliphatic rings. The Morgan fingerprint density at radius 3 is 2.84 bits per heavy atom. The second-order valence-corrected chi connectivity index (χ2v) is 4.67. The number of fused-ring (bicyclic) bond motifs is 1. The topological polar surface area (TPSA) is 25.4 Å². The molecule has 0 atom stereocenters. The van der Waals surface area contributed by atoms with Gasteiger partial charge in [-0.2, -0.15) is 0 Å². The molecule has 0 amide bonds. The van der Waals surface area contributed by atoms with E-state index in [0.717, 1.165) is 42.0 Å². The predicted molar refractivity (Wildman–Crippen MR) is 81.1 cm³/mol. The number of nitrogens with zero attached hydrogens (tertiary/aromatic N) is 2. The summed E-state index contributed by atoms with van der Waals surface area (Å²) in [6.07, 6.45) is 0. The first-order valence-corrected chi connectivity index (χ1v) is 7.03. The Kier molecular flexibility index (Phi) is 5.00. The van der Waals surface area contributed by atoms with E-state index >= 15 is 0 Å². The Hall–Kier alpha value is -1.32. The van der Waals surface area contributed by atoms with Crippen LogP contribution in [0.1, 0.15) is 12.6 Å². The lowest BCUT2D eigenvalue weighted by atomic mass is 10.1. The maximum atomic E-state index is 5.93. The van der Waals surface area contributed by atoms with Gasteiger partial charge in [0.1, 0.15) is 0 Å². The second-order valence-electron chi connectivity index (χ2n) is 4.40. The SMILES string of the molecule is CCOCCN(C)c1cc(CCl)nc2ccccc12. The maximum absolute atomic E-state index is 5.93. The molecule has 0 fully saturated rings. The fraction of sp³-hybridized carbons (Fsp3) is 0.400. The number of hydrogen-bond acceptors (Lipinski definition) is 3. The van der Waals surface area contributed by atoms with Gasteiger partial charge in [0.2, 0.25) is 0 Å². The Labute approximate surface area is 119 Å². The molecular weight excluding hydrogens is 260 g/mol. The van der Waals surface area contributed by atoms with Crippen LogP contribution in [-0.4, -0.2) is 31.8 Å². The fourth-order valence-electron chi connectivity index (χ4n) is 2.06. The molecule has 0 saturated carbocycles. The van der Waals surface area contributed by atoms with Gasteiger partial charge in [0, 0.05) is 31.3 Å². The van der Waals surface area contributed by atoms with E-state index in [1.165, 1.54) is 0 Å². The zero-order chi connectivity index (χ0) is 13.7. The summed E-state index contributed by atoms with van der Waals surface area (Å²) in [4.78, 5) is 6.73. The van der Waals surface area contributed by atoms with Crippen molar-refractivity contribution in [3.8, 4) is 0 Å². The van der Waals surface area contributed by atoms with Gasteiger partial charge in [-0.3, -0.25) is 4.98 Å². The van der Waals surface area contributed by atoms with E-state index < -0.39 is 0 Å². The number of aromatic nitrogens is 1. The number of rotatable bonds is 6. The highest BCUT2D eigenvalue weighted by Crippen LogP contribution is 2.26. The van der Waals surface area contributed by atoms with Crippen LogP contribution in [-0.2, 0) is 10.6 Å². The molecule has 0 unspecified atom stereocenters. The van der Waals surface area contributed by atoms with E-state index in [1.54, 1.807) is 0 Å². The van der Waals surface area contributed by atoms with Crippen molar-refractivity contribution in [2.75, 3.05) is 31.7 Å². The predicted octanol–water partition coefficient (Wildman–Crippen LogP) is 3.45. The minimum atomic E-state index is 0.428. The Morgan fingerprint density at radius 1 is 1.32 bits per heavy atom. The number of halogens is 1. The summed E-state index contributed by atoms with van der Waals surface area (Å²) >= 11 is 5.93. The third-order valence-electron chi connectivity index (χ3n) is 3.07. The second kappa shape index (κ2) is 6.73. The van der Waals surface area contributed by atoms with Crippen LogP contribution in [0.3, 0.4) is 0 Å². The van der Waals surface area contributed by atoms with E-state index in [2.05, 4.69) is 29.1 Å². The van der Waals surface area contributed by atoms with Crippen LogP contribution in [0.25, 0.3) is 10.9 Å². The third-order valence-corrected chi connectivity index (χ3v) is 3.34. The van der Waals surface area contributed by atoms with Crippen LogP contribution in [0.2, 0.25) is 0 Å². The molecular formula is C15H19ClN2O. The number of pyridine rings is 1. The van der Waals surface area contributed by atoms with E-state index in [4.69, 9.17) is 16.3 Å². The Morgan fingerprint density at radius 2 is 2.11 bits per heavy atom. The number of para-hydroxylation sites is 1. The molecule has 0 aliphatic carbocycles. The highest BCUT2D eigenvalue weighted by molar-refractivity contribution is 6.17. The van der Waals surface area contributed by atoms with Crippen LogP contribution in [0.4, 0.5) is 5.69 Å². The van der Waals surface area contributed by atoms with Gasteiger partial charge < -0.3 is 9.64 Å². The van der Waals surface area contributed by atoms with E-state index in [-0.39, 0.29) is 0 Å². The Bertz CT molecular complexity index is 545. The molecule has 1 heterocycles. The highest BCUT2D eigenvalue weighted by Gasteiger charge is 2.09. The molecule has 3 nitrogen and oxygen atoms in total. The van der Waals surface area contributed by atoms with E-state index in [9.17, 15) is 0 Å². The lowest BCUT2D eigenvalue weighted by Crippen LogP contribution is -2.23. The summed E-state index contributed by atoms with van der Waals surface area (Å²) in [7, 11) is 2.07. The fourth-order valence-corrected chi connectivity index (χ4v) is 2.20.